The van der Waals surface area contributed by atoms with Crippen LogP contribution in [0.2, 0.25) is 0 Å². The second-order valence-electron chi connectivity index (χ2n) is 3.14. The van der Waals surface area contributed by atoms with Crippen LogP contribution in [0.3, 0.4) is 0 Å². The summed E-state index contributed by atoms with van der Waals surface area (Å²) in [6, 6.07) is 0. The number of likely N-dealkylation sites (N-methyl/N-ethyl adjacent to an activating group) is 1. The number of carbonyl (C=O) groups is 1. The highest BCUT2D eigenvalue weighted by Gasteiger charge is 2.03. The number of rotatable bonds is 7. The summed E-state index contributed by atoms with van der Waals surface area (Å²) in [4.78, 5) is 11.1. The largest absolute Gasteiger partial charge is 0.355 e. The summed E-state index contributed by atoms with van der Waals surface area (Å²) in [7, 11) is 0. The summed E-state index contributed by atoms with van der Waals surface area (Å²) in [6.07, 6.45) is 2.08. The van der Waals surface area contributed by atoms with Crippen LogP contribution in [0, 0.1) is 5.92 Å². The van der Waals surface area contributed by atoms with Crippen molar-refractivity contribution in [2.45, 2.75) is 13.8 Å². The van der Waals surface area contributed by atoms with Crippen LogP contribution in [0.1, 0.15) is 13.8 Å². The van der Waals surface area contributed by atoms with E-state index in [0.717, 1.165) is 18.8 Å². The summed E-state index contributed by atoms with van der Waals surface area (Å²) >= 11 is 1.81. The van der Waals surface area contributed by atoms with Gasteiger partial charge in [0.1, 0.15) is 0 Å². The zero-order chi connectivity index (χ0) is 10.1. The quantitative estimate of drug-likeness (QED) is 0.642. The first-order chi connectivity index (χ1) is 6.20. The van der Waals surface area contributed by atoms with E-state index >= 15 is 0 Å². The van der Waals surface area contributed by atoms with Crippen LogP contribution in [0.4, 0.5) is 0 Å². The zero-order valence-corrected chi connectivity index (χ0v) is 9.54. The molecule has 0 aliphatic carbocycles. The molecule has 0 saturated carbocycles. The van der Waals surface area contributed by atoms with E-state index in [4.69, 9.17) is 0 Å². The number of amides is 1. The van der Waals surface area contributed by atoms with E-state index in [9.17, 15) is 4.79 Å². The van der Waals surface area contributed by atoms with E-state index in [1.54, 1.807) is 0 Å². The molecular weight excluding hydrogens is 184 g/mol. The van der Waals surface area contributed by atoms with Crippen molar-refractivity contribution in [3.63, 3.8) is 0 Å². The smallest absolute Gasteiger partial charge is 0.233 e. The predicted molar refractivity (Wildman–Crippen MR) is 59.1 cm³/mol. The summed E-state index contributed by atoms with van der Waals surface area (Å²) in [6.45, 7) is 6.19. The summed E-state index contributed by atoms with van der Waals surface area (Å²) in [5.74, 6) is 1.75. The van der Waals surface area contributed by atoms with Crippen LogP contribution >= 0.6 is 11.8 Å². The Labute approximate surface area is 85.0 Å². The standard InChI is InChI=1S/C9H20N2OS/c1-4-10-6-9(12)11-5-8(2)7-13-3/h8,10H,4-7H2,1-3H3,(H,11,12). The Morgan fingerprint density at radius 1 is 1.54 bits per heavy atom. The van der Waals surface area contributed by atoms with Crippen molar-refractivity contribution < 1.29 is 4.79 Å². The van der Waals surface area contributed by atoms with Gasteiger partial charge in [0.15, 0.2) is 0 Å². The van der Waals surface area contributed by atoms with Gasteiger partial charge in [0.2, 0.25) is 5.91 Å². The van der Waals surface area contributed by atoms with Crippen LogP contribution in [-0.2, 0) is 4.79 Å². The lowest BCUT2D eigenvalue weighted by Gasteiger charge is -2.10. The highest BCUT2D eigenvalue weighted by molar-refractivity contribution is 7.98. The Hall–Kier alpha value is -0.220. The second-order valence-corrected chi connectivity index (χ2v) is 4.06. The van der Waals surface area contributed by atoms with Gasteiger partial charge in [-0.15, -0.1) is 0 Å². The maximum absolute atomic E-state index is 11.1. The molecule has 0 heterocycles. The average molecular weight is 204 g/mol. The monoisotopic (exact) mass is 204 g/mol. The normalized spacial score (nSPS) is 12.5. The van der Waals surface area contributed by atoms with Gasteiger partial charge < -0.3 is 10.6 Å². The fourth-order valence-corrected chi connectivity index (χ4v) is 1.62. The van der Waals surface area contributed by atoms with Crippen molar-refractivity contribution in [1.29, 1.82) is 0 Å². The molecule has 0 aromatic rings. The Balaban J connectivity index is 3.34. The first kappa shape index (κ1) is 12.8. The zero-order valence-electron chi connectivity index (χ0n) is 8.72. The molecule has 0 fully saturated rings. The van der Waals surface area contributed by atoms with Crippen molar-refractivity contribution in [3.05, 3.63) is 0 Å². The van der Waals surface area contributed by atoms with E-state index < -0.39 is 0 Å². The van der Waals surface area contributed by atoms with Crippen LogP contribution in [0.15, 0.2) is 0 Å². The van der Waals surface area contributed by atoms with Gasteiger partial charge in [0.05, 0.1) is 6.54 Å². The lowest BCUT2D eigenvalue weighted by Crippen LogP contribution is -2.36. The summed E-state index contributed by atoms with van der Waals surface area (Å²) < 4.78 is 0. The van der Waals surface area contributed by atoms with E-state index in [-0.39, 0.29) is 5.91 Å². The molecule has 0 aliphatic heterocycles. The highest BCUT2D eigenvalue weighted by atomic mass is 32.2. The van der Waals surface area contributed by atoms with Crippen molar-refractivity contribution >= 4 is 17.7 Å². The maximum atomic E-state index is 11.1. The summed E-state index contributed by atoms with van der Waals surface area (Å²) in [5, 5.41) is 5.87. The van der Waals surface area contributed by atoms with Gasteiger partial charge in [-0.3, -0.25) is 4.79 Å². The Morgan fingerprint density at radius 2 is 2.23 bits per heavy atom. The average Bonchev–Trinajstić information content (AvgIpc) is 2.12. The Kier molecular flexibility index (Phi) is 8.24. The Morgan fingerprint density at radius 3 is 2.77 bits per heavy atom. The third-order valence-electron chi connectivity index (χ3n) is 1.63. The molecule has 0 aromatic carbocycles. The maximum Gasteiger partial charge on any atom is 0.233 e. The van der Waals surface area contributed by atoms with E-state index in [2.05, 4.69) is 23.8 Å². The van der Waals surface area contributed by atoms with Gasteiger partial charge in [-0.2, -0.15) is 11.8 Å². The molecule has 0 saturated heterocycles. The molecule has 4 heteroatoms. The van der Waals surface area contributed by atoms with Gasteiger partial charge >= 0.3 is 0 Å². The molecule has 0 aromatic heterocycles. The molecule has 0 rings (SSSR count). The fraction of sp³-hybridized carbons (Fsp3) is 0.889. The molecule has 0 spiro atoms. The number of hydrogen-bond acceptors (Lipinski definition) is 3. The number of nitrogens with one attached hydrogen (secondary N) is 2. The van der Waals surface area contributed by atoms with Crippen molar-refractivity contribution in [2.75, 3.05) is 31.6 Å². The van der Waals surface area contributed by atoms with Gasteiger partial charge in [0, 0.05) is 6.54 Å². The molecule has 1 atom stereocenters. The molecule has 78 valence electrons. The van der Waals surface area contributed by atoms with Gasteiger partial charge in [0.25, 0.3) is 0 Å². The molecule has 2 N–H and O–H groups in total. The number of carbonyl (C=O) groups excluding carboxylic acids is 1. The minimum absolute atomic E-state index is 0.0924. The fourth-order valence-electron chi connectivity index (χ4n) is 0.933. The predicted octanol–water partition coefficient (Wildman–Crippen LogP) is 0.711. The molecule has 3 nitrogen and oxygen atoms in total. The first-order valence-electron chi connectivity index (χ1n) is 4.67. The molecule has 0 bridgehead atoms. The second kappa shape index (κ2) is 8.38. The van der Waals surface area contributed by atoms with Crippen LogP contribution < -0.4 is 10.6 Å². The SMILES string of the molecule is CCNCC(=O)NCC(C)CSC. The third-order valence-corrected chi connectivity index (χ3v) is 2.54. The van der Waals surface area contributed by atoms with Crippen LogP contribution in [-0.4, -0.2) is 37.6 Å². The first-order valence-corrected chi connectivity index (χ1v) is 6.06. The Bertz CT molecular complexity index is 142. The van der Waals surface area contributed by atoms with Gasteiger partial charge in [-0.05, 0) is 24.5 Å². The lowest BCUT2D eigenvalue weighted by molar-refractivity contribution is -0.120. The van der Waals surface area contributed by atoms with Crippen molar-refractivity contribution in [1.82, 2.24) is 10.6 Å². The van der Waals surface area contributed by atoms with E-state index in [1.165, 1.54) is 0 Å². The molecule has 0 aliphatic rings. The minimum atomic E-state index is 0.0924. The van der Waals surface area contributed by atoms with Crippen molar-refractivity contribution in [3.8, 4) is 0 Å². The minimum Gasteiger partial charge on any atom is -0.355 e. The summed E-state index contributed by atoms with van der Waals surface area (Å²) in [5.41, 5.74) is 0. The number of thioether (sulfide) groups is 1. The van der Waals surface area contributed by atoms with E-state index in [1.807, 2.05) is 18.7 Å². The highest BCUT2D eigenvalue weighted by Crippen LogP contribution is 2.02. The molecule has 1 unspecified atom stereocenters. The van der Waals surface area contributed by atoms with E-state index in [0.29, 0.717) is 12.5 Å². The molecule has 1 amide bonds. The lowest BCUT2D eigenvalue weighted by atomic mass is 10.2. The van der Waals surface area contributed by atoms with Gasteiger partial charge in [-0.25, -0.2) is 0 Å². The molecule has 13 heavy (non-hydrogen) atoms. The topological polar surface area (TPSA) is 41.1 Å². The van der Waals surface area contributed by atoms with Crippen LogP contribution in [0.5, 0.6) is 0 Å². The van der Waals surface area contributed by atoms with Crippen molar-refractivity contribution in [2.24, 2.45) is 5.92 Å². The molecular formula is C9H20N2OS. The van der Waals surface area contributed by atoms with Gasteiger partial charge in [-0.1, -0.05) is 13.8 Å². The third kappa shape index (κ3) is 8.12. The van der Waals surface area contributed by atoms with Crippen LogP contribution in [0.25, 0.3) is 0 Å². The number of hydrogen-bond donors (Lipinski definition) is 2. The molecule has 0 radical (unpaired) electrons.